The number of carboxylic acids is 1. The number of esters is 1. The molecule has 0 rings (SSSR count). The van der Waals surface area contributed by atoms with Crippen LogP contribution < -0.4 is 0 Å². The van der Waals surface area contributed by atoms with Gasteiger partial charge in [-0.1, -0.05) is 19.3 Å². The number of carbonyl (C=O) groups is 2. The normalized spacial score (nSPS) is 13.0. The molecule has 0 amide bonds. The number of hydrogen-bond donors (Lipinski definition) is 2. The molecule has 0 aromatic carbocycles. The average molecular weight is 304 g/mol. The average Bonchev–Trinajstić information content (AvgIpc) is 2.30. The van der Waals surface area contributed by atoms with Gasteiger partial charge in [0.15, 0.2) is 6.10 Å². The second-order valence-corrected chi connectivity index (χ2v) is 6.42. The van der Waals surface area contributed by atoms with Gasteiger partial charge in [0.05, 0.1) is 27.6 Å². The maximum Gasteiger partial charge on any atom is 0.307 e. The largest absolute Gasteiger partial charge is 0.481 e. The van der Waals surface area contributed by atoms with Crippen LogP contribution in [0.2, 0.25) is 0 Å². The van der Waals surface area contributed by atoms with Crippen molar-refractivity contribution in [2.24, 2.45) is 0 Å². The molecular formula is C15H30NO5+. The van der Waals surface area contributed by atoms with Crippen molar-refractivity contribution >= 4 is 11.9 Å². The minimum absolute atomic E-state index is 0.155. The van der Waals surface area contributed by atoms with Crippen LogP contribution in [0.3, 0.4) is 0 Å². The number of quaternary nitrogens is 1. The molecule has 124 valence electrons. The lowest BCUT2D eigenvalue weighted by atomic mass is 10.1. The van der Waals surface area contributed by atoms with Crippen LogP contribution in [0.5, 0.6) is 0 Å². The second-order valence-electron chi connectivity index (χ2n) is 6.42. The van der Waals surface area contributed by atoms with E-state index in [1.54, 1.807) is 0 Å². The van der Waals surface area contributed by atoms with Crippen molar-refractivity contribution in [1.29, 1.82) is 0 Å². The summed E-state index contributed by atoms with van der Waals surface area (Å²) < 4.78 is 5.84. The summed E-state index contributed by atoms with van der Waals surface area (Å²) in [5, 5.41) is 17.5. The molecule has 0 heterocycles. The Kier molecular flexibility index (Phi) is 9.99. The van der Waals surface area contributed by atoms with Gasteiger partial charge < -0.3 is 19.4 Å². The highest BCUT2D eigenvalue weighted by atomic mass is 16.5. The first kappa shape index (κ1) is 19.9. The number of unbranched alkanes of at least 4 members (excludes halogenated alkanes) is 4. The Hall–Kier alpha value is -1.14. The van der Waals surface area contributed by atoms with Crippen molar-refractivity contribution in [2.45, 2.75) is 51.0 Å². The molecule has 0 aliphatic carbocycles. The van der Waals surface area contributed by atoms with Crippen LogP contribution in [-0.2, 0) is 14.3 Å². The van der Waals surface area contributed by atoms with Gasteiger partial charge in [0.2, 0.25) is 0 Å². The molecule has 0 aliphatic heterocycles. The van der Waals surface area contributed by atoms with E-state index in [9.17, 15) is 9.59 Å². The molecule has 6 heteroatoms. The number of ether oxygens (including phenoxy) is 1. The molecule has 0 saturated heterocycles. The molecule has 0 radical (unpaired) electrons. The third kappa shape index (κ3) is 13.6. The van der Waals surface area contributed by atoms with Crippen LogP contribution in [0.25, 0.3) is 0 Å². The van der Waals surface area contributed by atoms with Gasteiger partial charge in [-0.05, 0) is 12.8 Å². The molecule has 0 fully saturated rings. The van der Waals surface area contributed by atoms with Crippen molar-refractivity contribution in [3.05, 3.63) is 0 Å². The Morgan fingerprint density at radius 1 is 1.05 bits per heavy atom. The summed E-state index contributed by atoms with van der Waals surface area (Å²) in [7, 11) is 5.80. The summed E-state index contributed by atoms with van der Waals surface area (Å²) in [6.07, 6.45) is 4.02. The van der Waals surface area contributed by atoms with Gasteiger partial charge in [-0.15, -0.1) is 0 Å². The number of nitrogens with zero attached hydrogens (tertiary/aromatic N) is 1. The number of aliphatic hydroxyl groups excluding tert-OH is 1. The van der Waals surface area contributed by atoms with E-state index >= 15 is 0 Å². The lowest BCUT2D eigenvalue weighted by Gasteiger charge is -2.28. The number of carboxylic acid groups (broad SMARTS) is 1. The second kappa shape index (κ2) is 10.6. The van der Waals surface area contributed by atoms with Gasteiger partial charge >= 0.3 is 11.9 Å². The van der Waals surface area contributed by atoms with Gasteiger partial charge in [-0.25, -0.2) is 0 Å². The van der Waals surface area contributed by atoms with Gasteiger partial charge in [-0.2, -0.15) is 0 Å². The van der Waals surface area contributed by atoms with Crippen molar-refractivity contribution in [1.82, 2.24) is 0 Å². The summed E-state index contributed by atoms with van der Waals surface area (Å²) in [4.78, 5) is 22.6. The molecule has 6 nitrogen and oxygen atoms in total. The third-order valence-corrected chi connectivity index (χ3v) is 2.99. The first-order valence-corrected chi connectivity index (χ1v) is 7.57. The Bertz CT molecular complexity index is 312. The van der Waals surface area contributed by atoms with Crippen LogP contribution in [0.15, 0.2) is 0 Å². The molecule has 1 unspecified atom stereocenters. The molecule has 0 bridgehead atoms. The molecule has 0 saturated carbocycles. The molecule has 0 aliphatic rings. The zero-order valence-corrected chi connectivity index (χ0v) is 13.5. The number of rotatable bonds is 12. The van der Waals surface area contributed by atoms with E-state index in [0.717, 1.165) is 32.1 Å². The molecule has 0 aromatic rings. The monoisotopic (exact) mass is 304 g/mol. The fourth-order valence-electron chi connectivity index (χ4n) is 2.11. The summed E-state index contributed by atoms with van der Waals surface area (Å²) in [6.45, 7) is 0.693. The smallest absolute Gasteiger partial charge is 0.307 e. The quantitative estimate of drug-likeness (QED) is 0.323. The summed E-state index contributed by atoms with van der Waals surface area (Å²) >= 11 is 0. The van der Waals surface area contributed by atoms with Gasteiger partial charge in [0.25, 0.3) is 0 Å². The Morgan fingerprint density at radius 2 is 1.62 bits per heavy atom. The first-order chi connectivity index (χ1) is 9.74. The molecule has 1 atom stereocenters. The Labute approximate surface area is 127 Å². The van der Waals surface area contributed by atoms with Crippen molar-refractivity contribution in [3.63, 3.8) is 0 Å². The highest BCUT2D eigenvalue weighted by Crippen LogP contribution is 2.10. The zero-order valence-electron chi connectivity index (χ0n) is 13.5. The number of likely N-dealkylation sites (N-methyl/N-ethyl adjacent to an activating group) is 1. The van der Waals surface area contributed by atoms with Crippen LogP contribution >= 0.6 is 0 Å². The van der Waals surface area contributed by atoms with Crippen LogP contribution in [-0.4, -0.2) is 67.0 Å². The molecule has 0 spiro atoms. The highest BCUT2D eigenvalue weighted by molar-refractivity contribution is 5.71. The Morgan fingerprint density at radius 3 is 2.14 bits per heavy atom. The first-order valence-electron chi connectivity index (χ1n) is 7.57. The predicted molar refractivity (Wildman–Crippen MR) is 79.8 cm³/mol. The van der Waals surface area contributed by atoms with E-state index in [1.165, 1.54) is 0 Å². The van der Waals surface area contributed by atoms with Crippen molar-refractivity contribution in [3.8, 4) is 0 Å². The summed E-state index contributed by atoms with van der Waals surface area (Å²) in [6, 6.07) is 0. The van der Waals surface area contributed by atoms with E-state index in [4.69, 9.17) is 14.9 Å². The van der Waals surface area contributed by atoms with Crippen LogP contribution in [0, 0.1) is 0 Å². The SMILES string of the molecule is C[N+](C)(C)CC(CC(=O)O)OC(=O)CCCCCCCO. The van der Waals surface area contributed by atoms with Crippen LogP contribution in [0.1, 0.15) is 44.9 Å². The van der Waals surface area contributed by atoms with E-state index in [0.29, 0.717) is 17.4 Å². The standard InChI is InChI=1S/C15H29NO5/c1-16(2,3)12-13(11-14(18)19)21-15(20)9-7-5-4-6-8-10-17/h13,17H,4-12H2,1-3H3/p+1. The Balaban J connectivity index is 4.01. The van der Waals surface area contributed by atoms with Crippen LogP contribution in [0.4, 0.5) is 0 Å². The molecule has 0 aromatic heterocycles. The van der Waals surface area contributed by atoms with Crippen molar-refractivity contribution in [2.75, 3.05) is 34.3 Å². The van der Waals surface area contributed by atoms with Crippen molar-refractivity contribution < 1.29 is 29.0 Å². The fraction of sp³-hybridized carbons (Fsp3) is 0.867. The maximum atomic E-state index is 11.7. The molecule has 2 N–H and O–H groups in total. The van der Waals surface area contributed by atoms with Gasteiger partial charge in [0, 0.05) is 13.0 Å². The van der Waals surface area contributed by atoms with E-state index in [2.05, 4.69) is 0 Å². The molecular weight excluding hydrogens is 274 g/mol. The van der Waals surface area contributed by atoms with Gasteiger partial charge in [0.1, 0.15) is 6.54 Å². The minimum Gasteiger partial charge on any atom is -0.481 e. The summed E-state index contributed by atoms with van der Waals surface area (Å²) in [5.74, 6) is -1.28. The van der Waals surface area contributed by atoms with E-state index in [-0.39, 0.29) is 19.0 Å². The third-order valence-electron chi connectivity index (χ3n) is 2.99. The molecule has 21 heavy (non-hydrogen) atoms. The number of aliphatic carboxylic acids is 1. The van der Waals surface area contributed by atoms with Gasteiger partial charge in [-0.3, -0.25) is 9.59 Å². The lowest BCUT2D eigenvalue weighted by Crippen LogP contribution is -2.43. The zero-order chi connectivity index (χ0) is 16.3. The minimum atomic E-state index is -0.953. The topological polar surface area (TPSA) is 83.8 Å². The number of aliphatic hydroxyl groups is 1. The predicted octanol–water partition coefficient (Wildman–Crippen LogP) is 1.41. The van der Waals surface area contributed by atoms with E-state index in [1.807, 2.05) is 21.1 Å². The fourth-order valence-corrected chi connectivity index (χ4v) is 2.11. The highest BCUT2D eigenvalue weighted by Gasteiger charge is 2.24. The summed E-state index contributed by atoms with van der Waals surface area (Å²) in [5.41, 5.74) is 0. The number of hydrogen-bond acceptors (Lipinski definition) is 4. The van der Waals surface area contributed by atoms with E-state index < -0.39 is 12.1 Å². The maximum absolute atomic E-state index is 11.7. The lowest BCUT2D eigenvalue weighted by molar-refractivity contribution is -0.873. The number of carbonyl (C=O) groups excluding carboxylic acids is 1.